The zero-order valence-corrected chi connectivity index (χ0v) is 16.7. The molecule has 8 heteroatoms. The van der Waals surface area contributed by atoms with E-state index >= 15 is 0 Å². The average molecular weight is 402 g/mol. The average Bonchev–Trinajstić information content (AvgIpc) is 2.51. The second kappa shape index (κ2) is 8.70. The molecule has 0 atom stereocenters. The molecule has 0 aliphatic heterocycles. The van der Waals surface area contributed by atoms with E-state index in [1.165, 1.54) is 0 Å². The lowest BCUT2D eigenvalue weighted by atomic mass is 10.1. The van der Waals surface area contributed by atoms with Gasteiger partial charge in [0.05, 0.1) is 22.1 Å². The Morgan fingerprint density at radius 1 is 1.12 bits per heavy atom. The van der Waals surface area contributed by atoms with E-state index in [9.17, 15) is 0 Å². The number of ether oxygens (including phenoxy) is 1. The van der Waals surface area contributed by atoms with Crippen molar-refractivity contribution in [2.75, 3.05) is 14.1 Å². The highest BCUT2D eigenvalue weighted by Crippen LogP contribution is 2.39. The predicted octanol–water partition coefficient (Wildman–Crippen LogP) is 5.65. The van der Waals surface area contributed by atoms with Crippen molar-refractivity contribution >= 4 is 46.8 Å². The van der Waals surface area contributed by atoms with Gasteiger partial charge >= 0.3 is 0 Å². The lowest BCUT2D eigenvalue weighted by Crippen LogP contribution is -2.06. The van der Waals surface area contributed by atoms with Crippen LogP contribution in [0.15, 0.2) is 23.2 Å². The van der Waals surface area contributed by atoms with Crippen LogP contribution >= 0.6 is 34.8 Å². The van der Waals surface area contributed by atoms with Crippen molar-refractivity contribution in [3.05, 3.63) is 39.0 Å². The van der Waals surface area contributed by atoms with Gasteiger partial charge < -0.3 is 9.64 Å². The summed E-state index contributed by atoms with van der Waals surface area (Å²) in [6.45, 7) is 4.19. The van der Waals surface area contributed by atoms with E-state index in [1.807, 2.05) is 19.0 Å². The summed E-state index contributed by atoms with van der Waals surface area (Å²) < 4.78 is 5.74. The van der Waals surface area contributed by atoms with Crippen molar-refractivity contribution in [3.8, 4) is 11.6 Å². The third-order valence-electron chi connectivity index (χ3n) is 3.05. The first-order valence-electron chi connectivity index (χ1n) is 7.66. The monoisotopic (exact) mass is 400 g/mol. The van der Waals surface area contributed by atoms with Gasteiger partial charge in [-0.3, -0.25) is 0 Å². The standard InChI is InChI=1S/C17H19Cl3N4O/c1-10(2)5-11-6-15(22-23-17(11)20)25-16-13(18)7-12(8-14(16)19)21-9-24(3)4/h6-10H,5H2,1-4H3. The van der Waals surface area contributed by atoms with Crippen molar-refractivity contribution in [2.24, 2.45) is 10.9 Å². The number of rotatable bonds is 6. The largest absolute Gasteiger partial charge is 0.434 e. The normalized spacial score (nSPS) is 11.4. The molecular weight excluding hydrogens is 383 g/mol. The van der Waals surface area contributed by atoms with E-state index in [-0.39, 0.29) is 5.88 Å². The summed E-state index contributed by atoms with van der Waals surface area (Å²) in [5, 5.41) is 8.91. The van der Waals surface area contributed by atoms with E-state index < -0.39 is 0 Å². The molecule has 1 aromatic carbocycles. The van der Waals surface area contributed by atoms with Gasteiger partial charge in [0.25, 0.3) is 0 Å². The number of aliphatic imine (C=N–C) groups is 1. The Morgan fingerprint density at radius 2 is 1.76 bits per heavy atom. The first kappa shape index (κ1) is 19.8. The van der Waals surface area contributed by atoms with Gasteiger partial charge in [-0.2, -0.15) is 0 Å². The van der Waals surface area contributed by atoms with Crippen molar-refractivity contribution in [1.82, 2.24) is 15.1 Å². The molecule has 134 valence electrons. The van der Waals surface area contributed by atoms with Crippen molar-refractivity contribution in [2.45, 2.75) is 20.3 Å². The number of halogens is 3. The van der Waals surface area contributed by atoms with E-state index in [1.54, 1.807) is 24.5 Å². The number of aromatic nitrogens is 2. The Balaban J connectivity index is 2.28. The van der Waals surface area contributed by atoms with Crippen molar-refractivity contribution in [3.63, 3.8) is 0 Å². The molecule has 0 aliphatic carbocycles. The van der Waals surface area contributed by atoms with Crippen LogP contribution < -0.4 is 4.74 Å². The van der Waals surface area contributed by atoms with Gasteiger partial charge in [-0.1, -0.05) is 48.7 Å². The van der Waals surface area contributed by atoms with Gasteiger partial charge in [-0.05, 0) is 30.0 Å². The summed E-state index contributed by atoms with van der Waals surface area (Å²) >= 11 is 18.7. The highest BCUT2D eigenvalue weighted by Gasteiger charge is 2.14. The molecule has 0 radical (unpaired) electrons. The maximum Gasteiger partial charge on any atom is 0.239 e. The minimum absolute atomic E-state index is 0.286. The molecule has 0 amide bonds. The van der Waals surface area contributed by atoms with Gasteiger partial charge in [0.15, 0.2) is 10.9 Å². The Labute approximate surface area is 162 Å². The molecule has 0 fully saturated rings. The topological polar surface area (TPSA) is 50.6 Å². The Hall–Kier alpha value is -1.56. The fourth-order valence-electron chi connectivity index (χ4n) is 2.03. The molecule has 0 saturated heterocycles. The van der Waals surface area contributed by atoms with Crippen LogP contribution in [0.25, 0.3) is 0 Å². The molecule has 0 unspecified atom stereocenters. The first-order valence-corrected chi connectivity index (χ1v) is 8.79. The molecule has 2 rings (SSSR count). The number of nitrogens with zero attached hydrogens (tertiary/aromatic N) is 4. The molecule has 0 bridgehead atoms. The van der Waals surface area contributed by atoms with E-state index in [0.29, 0.717) is 32.6 Å². The highest BCUT2D eigenvalue weighted by molar-refractivity contribution is 6.37. The quantitative estimate of drug-likeness (QED) is 0.463. The molecule has 2 aromatic rings. The van der Waals surface area contributed by atoms with Crippen molar-refractivity contribution in [1.29, 1.82) is 0 Å². The summed E-state index contributed by atoms with van der Waals surface area (Å²) in [5.41, 5.74) is 1.49. The first-order chi connectivity index (χ1) is 11.8. The van der Waals surface area contributed by atoms with Crippen molar-refractivity contribution < 1.29 is 4.74 Å². The molecule has 0 aliphatic rings. The Kier molecular flexibility index (Phi) is 6.87. The maximum absolute atomic E-state index is 6.28. The smallest absolute Gasteiger partial charge is 0.239 e. The molecule has 25 heavy (non-hydrogen) atoms. The summed E-state index contributed by atoms with van der Waals surface area (Å²) in [5.74, 6) is 1.02. The Bertz CT molecular complexity index is 755. The van der Waals surface area contributed by atoms with Gasteiger partial charge in [0, 0.05) is 20.2 Å². The maximum atomic E-state index is 6.28. The number of benzene rings is 1. The lowest BCUT2D eigenvalue weighted by molar-refractivity contribution is 0.454. The van der Waals surface area contributed by atoms with Crippen LogP contribution in [-0.4, -0.2) is 35.5 Å². The van der Waals surface area contributed by atoms with Gasteiger partial charge in [-0.25, -0.2) is 4.99 Å². The number of hydrogen-bond acceptors (Lipinski definition) is 4. The minimum Gasteiger partial charge on any atom is -0.434 e. The second-order valence-electron chi connectivity index (χ2n) is 6.15. The van der Waals surface area contributed by atoms with Crippen LogP contribution in [0.2, 0.25) is 15.2 Å². The molecular formula is C17H19Cl3N4O. The molecule has 0 N–H and O–H groups in total. The van der Waals surface area contributed by atoms with Crippen LogP contribution in [0, 0.1) is 5.92 Å². The molecule has 5 nitrogen and oxygen atoms in total. The highest BCUT2D eigenvalue weighted by atomic mass is 35.5. The fourth-order valence-corrected chi connectivity index (χ4v) is 2.76. The van der Waals surface area contributed by atoms with E-state index in [4.69, 9.17) is 39.5 Å². The third kappa shape index (κ3) is 5.73. The second-order valence-corrected chi connectivity index (χ2v) is 7.32. The zero-order valence-electron chi connectivity index (χ0n) is 14.4. The summed E-state index contributed by atoms with van der Waals surface area (Å²) in [7, 11) is 3.75. The van der Waals surface area contributed by atoms with E-state index in [0.717, 1.165) is 12.0 Å². The summed E-state index contributed by atoms with van der Waals surface area (Å²) in [6.07, 6.45) is 2.43. The van der Waals surface area contributed by atoms with Crippen LogP contribution in [0.1, 0.15) is 19.4 Å². The van der Waals surface area contributed by atoms with Gasteiger partial charge in [0.2, 0.25) is 5.88 Å². The molecule has 0 spiro atoms. The van der Waals surface area contributed by atoms with Gasteiger partial charge in [0.1, 0.15) is 0 Å². The van der Waals surface area contributed by atoms with E-state index in [2.05, 4.69) is 29.0 Å². The van der Waals surface area contributed by atoms with Crippen LogP contribution in [-0.2, 0) is 6.42 Å². The van der Waals surface area contributed by atoms with Crippen LogP contribution in [0.4, 0.5) is 5.69 Å². The Morgan fingerprint density at radius 3 is 2.32 bits per heavy atom. The predicted molar refractivity (Wildman–Crippen MR) is 104 cm³/mol. The minimum atomic E-state index is 0.286. The molecule has 1 aromatic heterocycles. The van der Waals surface area contributed by atoms with Crippen LogP contribution in [0.3, 0.4) is 0 Å². The van der Waals surface area contributed by atoms with Gasteiger partial charge in [-0.15, -0.1) is 10.2 Å². The number of hydrogen-bond donors (Lipinski definition) is 0. The summed E-state index contributed by atoms with van der Waals surface area (Å²) in [4.78, 5) is 6.08. The zero-order chi connectivity index (χ0) is 18.6. The molecule has 0 saturated carbocycles. The third-order valence-corrected chi connectivity index (χ3v) is 3.93. The lowest BCUT2D eigenvalue weighted by Gasteiger charge is -2.12. The molecule has 1 heterocycles. The fraction of sp³-hybridized carbons (Fsp3) is 0.353. The summed E-state index contributed by atoms with van der Waals surface area (Å²) in [6, 6.07) is 5.09. The van der Waals surface area contributed by atoms with Crippen LogP contribution in [0.5, 0.6) is 11.6 Å². The SMILES string of the molecule is CC(C)Cc1cc(Oc2c(Cl)cc(N=CN(C)C)cc2Cl)nnc1Cl.